The summed E-state index contributed by atoms with van der Waals surface area (Å²) in [4.78, 5) is 26.8. The van der Waals surface area contributed by atoms with Crippen LogP contribution in [0.1, 0.15) is 49.1 Å². The zero-order chi connectivity index (χ0) is 17.2. The lowest BCUT2D eigenvalue weighted by Crippen LogP contribution is -2.48. The molecular weight excluding hydrogens is 314 g/mol. The summed E-state index contributed by atoms with van der Waals surface area (Å²) < 4.78 is 0. The largest absolute Gasteiger partial charge is 0.353 e. The standard InChI is InChI=1S/C20H27N3O2/c24-19(21-15-6-7-15)13-23-11-9-16(10-12-23)22-20(25)18-8-5-14-3-1-2-4-17(14)18/h1-4,15-16,18H,5-13H2,(H,21,24)(H,22,25)/t18-/m1/s1. The van der Waals surface area contributed by atoms with Crippen molar-refractivity contribution in [1.29, 1.82) is 0 Å². The van der Waals surface area contributed by atoms with E-state index in [1.165, 1.54) is 11.1 Å². The minimum absolute atomic E-state index is 0.0125. The molecule has 2 N–H and O–H groups in total. The van der Waals surface area contributed by atoms with Gasteiger partial charge in [-0.15, -0.1) is 0 Å². The number of aryl methyl sites for hydroxylation is 1. The number of hydrogen-bond donors (Lipinski definition) is 2. The molecule has 0 unspecified atom stereocenters. The van der Waals surface area contributed by atoms with E-state index < -0.39 is 0 Å². The van der Waals surface area contributed by atoms with Crippen molar-refractivity contribution in [3.63, 3.8) is 0 Å². The number of carbonyl (C=O) groups is 2. The molecule has 0 aromatic heterocycles. The maximum absolute atomic E-state index is 12.7. The Balaban J connectivity index is 1.23. The third-order valence-electron chi connectivity index (χ3n) is 5.69. The van der Waals surface area contributed by atoms with Crippen LogP contribution in [-0.2, 0) is 16.0 Å². The van der Waals surface area contributed by atoms with E-state index in [2.05, 4.69) is 27.7 Å². The average molecular weight is 341 g/mol. The van der Waals surface area contributed by atoms with Crippen LogP contribution in [-0.4, -0.2) is 48.4 Å². The minimum atomic E-state index is 0.0125. The van der Waals surface area contributed by atoms with Gasteiger partial charge in [0.05, 0.1) is 12.5 Å². The summed E-state index contributed by atoms with van der Waals surface area (Å²) in [6.07, 6.45) is 6.04. The highest BCUT2D eigenvalue weighted by molar-refractivity contribution is 5.85. The van der Waals surface area contributed by atoms with E-state index in [0.29, 0.717) is 12.6 Å². The van der Waals surface area contributed by atoms with Gasteiger partial charge < -0.3 is 10.6 Å². The Hall–Kier alpha value is -1.88. The summed E-state index contributed by atoms with van der Waals surface area (Å²) in [6.45, 7) is 2.25. The lowest BCUT2D eigenvalue weighted by atomic mass is 9.98. The second-order valence-corrected chi connectivity index (χ2v) is 7.69. The normalized spacial score (nSPS) is 23.9. The van der Waals surface area contributed by atoms with Gasteiger partial charge >= 0.3 is 0 Å². The van der Waals surface area contributed by atoms with E-state index >= 15 is 0 Å². The molecule has 1 heterocycles. The van der Waals surface area contributed by atoms with E-state index in [9.17, 15) is 9.59 Å². The van der Waals surface area contributed by atoms with Gasteiger partial charge in [0.15, 0.2) is 0 Å². The van der Waals surface area contributed by atoms with Crippen LogP contribution in [0.5, 0.6) is 0 Å². The lowest BCUT2D eigenvalue weighted by molar-refractivity contribution is -0.125. The maximum Gasteiger partial charge on any atom is 0.234 e. The molecule has 25 heavy (non-hydrogen) atoms. The summed E-state index contributed by atoms with van der Waals surface area (Å²) in [5.41, 5.74) is 2.52. The average Bonchev–Trinajstić information content (AvgIpc) is 3.31. The van der Waals surface area contributed by atoms with E-state index in [-0.39, 0.29) is 23.8 Å². The van der Waals surface area contributed by atoms with Gasteiger partial charge in [0.1, 0.15) is 0 Å². The number of piperidine rings is 1. The van der Waals surface area contributed by atoms with Crippen molar-refractivity contribution in [2.45, 2.75) is 56.5 Å². The van der Waals surface area contributed by atoms with Crippen molar-refractivity contribution in [2.24, 2.45) is 0 Å². The molecule has 1 saturated heterocycles. The molecule has 134 valence electrons. The van der Waals surface area contributed by atoms with E-state index in [1.807, 2.05) is 12.1 Å². The van der Waals surface area contributed by atoms with E-state index in [1.54, 1.807) is 0 Å². The van der Waals surface area contributed by atoms with E-state index in [0.717, 1.165) is 51.6 Å². The summed E-state index contributed by atoms with van der Waals surface area (Å²) in [5, 5.41) is 6.29. The molecule has 0 spiro atoms. The molecule has 1 aromatic carbocycles. The highest BCUT2D eigenvalue weighted by Gasteiger charge is 2.31. The number of nitrogens with zero attached hydrogens (tertiary/aromatic N) is 1. The lowest BCUT2D eigenvalue weighted by Gasteiger charge is -2.32. The molecule has 1 atom stereocenters. The smallest absolute Gasteiger partial charge is 0.234 e. The Labute approximate surface area is 149 Å². The van der Waals surface area contributed by atoms with Gasteiger partial charge in [-0.3, -0.25) is 14.5 Å². The number of rotatable bonds is 5. The highest BCUT2D eigenvalue weighted by Crippen LogP contribution is 2.33. The van der Waals surface area contributed by atoms with Crippen molar-refractivity contribution >= 4 is 11.8 Å². The zero-order valence-electron chi connectivity index (χ0n) is 14.7. The molecule has 4 rings (SSSR count). The number of benzene rings is 1. The zero-order valence-corrected chi connectivity index (χ0v) is 14.7. The second-order valence-electron chi connectivity index (χ2n) is 7.69. The Morgan fingerprint density at radius 1 is 0.960 bits per heavy atom. The van der Waals surface area contributed by atoms with Crippen molar-refractivity contribution in [2.75, 3.05) is 19.6 Å². The summed E-state index contributed by atoms with van der Waals surface area (Å²) in [5.74, 6) is 0.334. The molecule has 0 bridgehead atoms. The van der Waals surface area contributed by atoms with Crippen LogP contribution in [0, 0.1) is 0 Å². The second kappa shape index (κ2) is 7.16. The number of carbonyl (C=O) groups excluding carboxylic acids is 2. The topological polar surface area (TPSA) is 61.4 Å². The molecule has 1 aliphatic heterocycles. The van der Waals surface area contributed by atoms with Crippen molar-refractivity contribution in [3.8, 4) is 0 Å². The monoisotopic (exact) mass is 341 g/mol. The Bertz CT molecular complexity index is 648. The third kappa shape index (κ3) is 4.03. The van der Waals surface area contributed by atoms with Crippen LogP contribution in [0.3, 0.4) is 0 Å². The summed E-state index contributed by atoms with van der Waals surface area (Å²) >= 11 is 0. The summed E-state index contributed by atoms with van der Waals surface area (Å²) in [6, 6.07) is 8.97. The third-order valence-corrected chi connectivity index (χ3v) is 5.69. The molecule has 1 aromatic rings. The fraction of sp³-hybridized carbons (Fsp3) is 0.600. The van der Waals surface area contributed by atoms with Crippen LogP contribution < -0.4 is 10.6 Å². The molecule has 5 heteroatoms. The first-order valence-electron chi connectivity index (χ1n) is 9.59. The van der Waals surface area contributed by atoms with E-state index in [4.69, 9.17) is 0 Å². The number of likely N-dealkylation sites (tertiary alicyclic amines) is 1. The van der Waals surface area contributed by atoms with Gasteiger partial charge in [0.2, 0.25) is 11.8 Å². The molecule has 2 fully saturated rings. The number of nitrogens with one attached hydrogen (secondary N) is 2. The first kappa shape index (κ1) is 16.6. The highest BCUT2D eigenvalue weighted by atomic mass is 16.2. The molecule has 0 radical (unpaired) electrons. The van der Waals surface area contributed by atoms with Crippen LogP contribution in [0.15, 0.2) is 24.3 Å². The minimum Gasteiger partial charge on any atom is -0.353 e. The van der Waals surface area contributed by atoms with Crippen LogP contribution in [0.2, 0.25) is 0 Å². The Morgan fingerprint density at radius 2 is 1.68 bits per heavy atom. The summed E-state index contributed by atoms with van der Waals surface area (Å²) in [7, 11) is 0. The van der Waals surface area contributed by atoms with Gasteiger partial charge in [-0.25, -0.2) is 0 Å². The van der Waals surface area contributed by atoms with Crippen molar-refractivity contribution < 1.29 is 9.59 Å². The van der Waals surface area contributed by atoms with Gasteiger partial charge in [-0.1, -0.05) is 24.3 Å². The van der Waals surface area contributed by atoms with Crippen LogP contribution in [0.25, 0.3) is 0 Å². The SMILES string of the molecule is O=C(CN1CCC(NC(=O)[C@@H]2CCc3ccccc32)CC1)NC1CC1. The first-order valence-corrected chi connectivity index (χ1v) is 9.59. The number of hydrogen-bond acceptors (Lipinski definition) is 3. The first-order chi connectivity index (χ1) is 12.2. The fourth-order valence-electron chi connectivity index (χ4n) is 4.07. The van der Waals surface area contributed by atoms with Crippen molar-refractivity contribution in [3.05, 3.63) is 35.4 Å². The molecule has 2 amide bonds. The number of amides is 2. The molecule has 2 aliphatic carbocycles. The Morgan fingerprint density at radius 3 is 2.44 bits per heavy atom. The van der Waals surface area contributed by atoms with Gasteiger partial charge in [-0.2, -0.15) is 0 Å². The quantitative estimate of drug-likeness (QED) is 0.855. The predicted molar refractivity (Wildman–Crippen MR) is 96.3 cm³/mol. The molecule has 1 saturated carbocycles. The van der Waals surface area contributed by atoms with Crippen molar-refractivity contribution in [1.82, 2.24) is 15.5 Å². The van der Waals surface area contributed by atoms with Gasteiger partial charge in [0.25, 0.3) is 0 Å². The van der Waals surface area contributed by atoms with Gasteiger partial charge in [0, 0.05) is 25.2 Å². The van der Waals surface area contributed by atoms with Crippen LogP contribution in [0.4, 0.5) is 0 Å². The molecular formula is C20H27N3O2. The maximum atomic E-state index is 12.7. The predicted octanol–water partition coefficient (Wildman–Crippen LogP) is 1.58. The Kier molecular flexibility index (Phi) is 4.75. The fourth-order valence-corrected chi connectivity index (χ4v) is 4.07. The van der Waals surface area contributed by atoms with Crippen LogP contribution >= 0.6 is 0 Å². The molecule has 5 nitrogen and oxygen atoms in total. The molecule has 3 aliphatic rings. The van der Waals surface area contributed by atoms with Gasteiger partial charge in [-0.05, 0) is 49.7 Å². The number of fused-ring (bicyclic) bond motifs is 1.